The van der Waals surface area contributed by atoms with Crippen LogP contribution in [0.2, 0.25) is 0 Å². The van der Waals surface area contributed by atoms with Gasteiger partial charge in [0, 0.05) is 7.05 Å². The van der Waals surface area contributed by atoms with Crippen molar-refractivity contribution in [3.05, 3.63) is 11.8 Å². The molecule has 0 bridgehead atoms. The van der Waals surface area contributed by atoms with Gasteiger partial charge in [-0.3, -0.25) is 0 Å². The normalized spacial score (nSPS) is 10.9. The van der Waals surface area contributed by atoms with Crippen LogP contribution in [-0.4, -0.2) is 33.4 Å². The molecule has 0 saturated heterocycles. The van der Waals surface area contributed by atoms with Crippen LogP contribution in [0.5, 0.6) is 0 Å². The highest BCUT2D eigenvalue weighted by Crippen LogP contribution is 2.21. The zero-order chi connectivity index (χ0) is 11.7. The van der Waals surface area contributed by atoms with Gasteiger partial charge in [0.15, 0.2) is 10.8 Å². The number of hydrogen-bond donors (Lipinski definition) is 1. The lowest BCUT2D eigenvalue weighted by molar-refractivity contribution is 0.0520. The molecule has 0 aliphatic rings. The van der Waals surface area contributed by atoms with Crippen LogP contribution in [0, 0.1) is 0 Å². The average Bonchev–Trinajstić information content (AvgIpc) is 2.79. The van der Waals surface area contributed by atoms with Crippen molar-refractivity contribution in [1.82, 2.24) is 14.5 Å². The Kier molecular flexibility index (Phi) is 2.91. The van der Waals surface area contributed by atoms with Gasteiger partial charge in [-0.2, -0.15) is 0 Å². The first-order valence-corrected chi connectivity index (χ1v) is 6.16. The first-order chi connectivity index (χ1) is 7.67. The molecular formula is C10H13N3O2S. The average molecular weight is 239 g/mol. The Morgan fingerprint density at radius 3 is 3.00 bits per heavy atom. The van der Waals surface area contributed by atoms with E-state index in [1.54, 1.807) is 24.8 Å². The zero-order valence-electron chi connectivity index (χ0n) is 9.40. The summed E-state index contributed by atoms with van der Waals surface area (Å²) in [5.41, 5.74) is 2.07. The first kappa shape index (κ1) is 11.1. The monoisotopic (exact) mass is 239 g/mol. The maximum absolute atomic E-state index is 11.5. The maximum Gasteiger partial charge on any atom is 0.354 e. The largest absolute Gasteiger partial charge is 0.461 e. The quantitative estimate of drug-likeness (QED) is 0.655. The minimum absolute atomic E-state index is 0.341. The highest BCUT2D eigenvalue weighted by atomic mass is 32.2. The summed E-state index contributed by atoms with van der Waals surface area (Å²) in [5.74, 6) is -0.341. The number of fused-ring (bicyclic) bond motifs is 1. The summed E-state index contributed by atoms with van der Waals surface area (Å²) in [6, 6.07) is 1.76. The second kappa shape index (κ2) is 4.21. The zero-order valence-corrected chi connectivity index (χ0v) is 10.2. The van der Waals surface area contributed by atoms with E-state index in [4.69, 9.17) is 4.74 Å². The molecule has 0 radical (unpaired) electrons. The third-order valence-electron chi connectivity index (χ3n) is 2.31. The van der Waals surface area contributed by atoms with E-state index in [1.807, 2.05) is 17.9 Å². The van der Waals surface area contributed by atoms with Gasteiger partial charge in [0.05, 0.1) is 12.1 Å². The molecule has 0 aromatic carbocycles. The number of aromatic amines is 1. The number of rotatable bonds is 3. The van der Waals surface area contributed by atoms with Crippen molar-refractivity contribution in [3.8, 4) is 0 Å². The number of aryl methyl sites for hydroxylation is 1. The summed E-state index contributed by atoms with van der Waals surface area (Å²) in [5, 5.41) is 0.914. The van der Waals surface area contributed by atoms with Crippen molar-refractivity contribution in [2.24, 2.45) is 7.05 Å². The van der Waals surface area contributed by atoms with E-state index >= 15 is 0 Å². The van der Waals surface area contributed by atoms with E-state index in [9.17, 15) is 4.79 Å². The smallest absolute Gasteiger partial charge is 0.354 e. The number of carbonyl (C=O) groups excluding carboxylic acids is 1. The summed E-state index contributed by atoms with van der Waals surface area (Å²) in [6.07, 6.45) is 1.97. The molecule has 2 heterocycles. The SMILES string of the molecule is CCOC(=O)c1cc2c(nc(SC)n2C)[nH]1. The van der Waals surface area contributed by atoms with E-state index in [0.29, 0.717) is 12.3 Å². The van der Waals surface area contributed by atoms with Crippen LogP contribution in [0.25, 0.3) is 11.2 Å². The summed E-state index contributed by atoms with van der Waals surface area (Å²) in [7, 11) is 1.92. The highest BCUT2D eigenvalue weighted by molar-refractivity contribution is 7.98. The molecule has 0 aliphatic carbocycles. The third-order valence-corrected chi connectivity index (χ3v) is 3.04. The Hall–Kier alpha value is -1.43. The highest BCUT2D eigenvalue weighted by Gasteiger charge is 2.15. The summed E-state index contributed by atoms with van der Waals surface area (Å²) in [4.78, 5) is 18.8. The molecule has 0 spiro atoms. The third kappa shape index (κ3) is 1.69. The van der Waals surface area contributed by atoms with E-state index in [0.717, 1.165) is 16.3 Å². The lowest BCUT2D eigenvalue weighted by Gasteiger charge is -1.98. The first-order valence-electron chi connectivity index (χ1n) is 4.94. The van der Waals surface area contributed by atoms with Crippen molar-refractivity contribution in [2.45, 2.75) is 12.1 Å². The molecule has 16 heavy (non-hydrogen) atoms. The number of hydrogen-bond acceptors (Lipinski definition) is 4. The molecule has 2 aromatic rings. The van der Waals surface area contributed by atoms with Gasteiger partial charge in [0.2, 0.25) is 0 Å². The number of nitrogens with one attached hydrogen (secondary N) is 1. The van der Waals surface area contributed by atoms with Gasteiger partial charge < -0.3 is 14.3 Å². The minimum atomic E-state index is -0.341. The number of carbonyl (C=O) groups is 1. The van der Waals surface area contributed by atoms with E-state index < -0.39 is 0 Å². The molecule has 2 aromatic heterocycles. The number of nitrogens with zero attached hydrogens (tertiary/aromatic N) is 2. The van der Waals surface area contributed by atoms with Gasteiger partial charge in [-0.05, 0) is 19.2 Å². The molecule has 0 unspecified atom stereocenters. The van der Waals surface area contributed by atoms with E-state index in [-0.39, 0.29) is 5.97 Å². The predicted octanol–water partition coefficient (Wildman–Crippen LogP) is 1.80. The number of esters is 1. The number of thioether (sulfide) groups is 1. The molecule has 86 valence electrons. The van der Waals surface area contributed by atoms with Crippen LogP contribution in [0.3, 0.4) is 0 Å². The van der Waals surface area contributed by atoms with Crippen LogP contribution in [0.4, 0.5) is 0 Å². The Labute approximate surface area is 97.2 Å². The van der Waals surface area contributed by atoms with E-state index in [1.165, 1.54) is 0 Å². The number of imidazole rings is 1. The van der Waals surface area contributed by atoms with Gasteiger partial charge >= 0.3 is 5.97 Å². The van der Waals surface area contributed by atoms with Crippen LogP contribution in [-0.2, 0) is 11.8 Å². The minimum Gasteiger partial charge on any atom is -0.461 e. The van der Waals surface area contributed by atoms with Gasteiger partial charge in [-0.15, -0.1) is 0 Å². The molecule has 0 fully saturated rings. The fraction of sp³-hybridized carbons (Fsp3) is 0.400. The second-order valence-electron chi connectivity index (χ2n) is 3.29. The molecule has 2 rings (SSSR count). The molecule has 0 amide bonds. The molecule has 0 saturated carbocycles. The van der Waals surface area contributed by atoms with Gasteiger partial charge in [-0.1, -0.05) is 11.8 Å². The van der Waals surface area contributed by atoms with Crippen molar-refractivity contribution in [3.63, 3.8) is 0 Å². The van der Waals surface area contributed by atoms with E-state index in [2.05, 4.69) is 9.97 Å². The Bertz CT molecular complexity index is 529. The standard InChI is InChI=1S/C10H13N3O2S/c1-4-15-9(14)6-5-7-8(11-6)12-10(16-3)13(7)2/h5,11H,4H2,1-3H3. The predicted molar refractivity (Wildman–Crippen MR) is 62.8 cm³/mol. The molecular weight excluding hydrogens is 226 g/mol. The second-order valence-corrected chi connectivity index (χ2v) is 4.07. The lowest BCUT2D eigenvalue weighted by Crippen LogP contribution is -2.04. The van der Waals surface area contributed by atoms with Crippen LogP contribution >= 0.6 is 11.8 Å². The van der Waals surface area contributed by atoms with Crippen molar-refractivity contribution in [1.29, 1.82) is 0 Å². The maximum atomic E-state index is 11.5. The van der Waals surface area contributed by atoms with Crippen LogP contribution in [0.15, 0.2) is 11.2 Å². The molecule has 0 aliphatic heterocycles. The number of H-pyrrole nitrogens is 1. The Morgan fingerprint density at radius 2 is 2.44 bits per heavy atom. The van der Waals surface area contributed by atoms with Crippen LogP contribution in [0.1, 0.15) is 17.4 Å². The van der Waals surface area contributed by atoms with Crippen molar-refractivity contribution in [2.75, 3.05) is 12.9 Å². The summed E-state index contributed by atoms with van der Waals surface area (Å²) >= 11 is 1.57. The fourth-order valence-corrected chi connectivity index (χ4v) is 2.10. The summed E-state index contributed by atoms with van der Waals surface area (Å²) in [6.45, 7) is 2.16. The van der Waals surface area contributed by atoms with Crippen molar-refractivity contribution < 1.29 is 9.53 Å². The molecule has 1 N–H and O–H groups in total. The summed E-state index contributed by atoms with van der Waals surface area (Å²) < 4.78 is 6.85. The Balaban J connectivity index is 2.42. The van der Waals surface area contributed by atoms with Gasteiger partial charge in [0.25, 0.3) is 0 Å². The van der Waals surface area contributed by atoms with Gasteiger partial charge in [0.1, 0.15) is 5.69 Å². The fourth-order valence-electron chi connectivity index (χ4n) is 1.55. The number of ether oxygens (including phenoxy) is 1. The molecule has 5 nitrogen and oxygen atoms in total. The van der Waals surface area contributed by atoms with Crippen LogP contribution < -0.4 is 0 Å². The topological polar surface area (TPSA) is 59.9 Å². The molecule has 6 heteroatoms. The molecule has 0 atom stereocenters. The lowest BCUT2D eigenvalue weighted by atomic mass is 10.4. The Morgan fingerprint density at radius 1 is 1.69 bits per heavy atom. The van der Waals surface area contributed by atoms with Crippen molar-refractivity contribution >= 4 is 28.9 Å². The number of aromatic nitrogens is 3. The van der Waals surface area contributed by atoms with Gasteiger partial charge in [-0.25, -0.2) is 9.78 Å².